The molecule has 4 heterocycles. The zero-order valence-electron chi connectivity index (χ0n) is 19.2. The number of halogens is 5. The lowest BCUT2D eigenvalue weighted by Crippen LogP contribution is -2.03. The summed E-state index contributed by atoms with van der Waals surface area (Å²) in [6, 6.07) is 0. The van der Waals surface area contributed by atoms with Crippen molar-refractivity contribution in [3.8, 4) is 0 Å². The summed E-state index contributed by atoms with van der Waals surface area (Å²) >= 11 is 13.3. The SMILES string of the molecule is CCn1ncc(C(O)c2cnn(C)c2I)c1Br.CCn1ncc(I)c1Br.Cn1ncc(C=O)c1I. The van der Waals surface area contributed by atoms with Crippen molar-refractivity contribution in [1.29, 1.82) is 0 Å². The molecule has 35 heavy (non-hydrogen) atoms. The lowest BCUT2D eigenvalue weighted by Gasteiger charge is -2.08. The van der Waals surface area contributed by atoms with E-state index in [1.165, 1.54) is 0 Å². The van der Waals surface area contributed by atoms with Gasteiger partial charge in [-0.3, -0.25) is 23.5 Å². The Labute approximate surface area is 260 Å². The molecule has 1 N–H and O–H groups in total. The molecule has 0 fully saturated rings. The predicted octanol–water partition coefficient (Wildman–Crippen LogP) is 5.19. The monoisotopic (exact) mass is 946 g/mol. The molecule has 0 saturated carbocycles. The minimum atomic E-state index is -0.703. The summed E-state index contributed by atoms with van der Waals surface area (Å²) in [4.78, 5) is 10.2. The van der Waals surface area contributed by atoms with E-state index in [-0.39, 0.29) is 0 Å². The number of aliphatic hydroxyl groups is 1. The molecular weight excluding hydrogens is 925 g/mol. The Balaban J connectivity index is 0.000000203. The summed E-state index contributed by atoms with van der Waals surface area (Å²) in [6.07, 6.45) is 6.85. The average Bonchev–Trinajstić information content (AvgIpc) is 3.58. The molecule has 0 saturated heterocycles. The Bertz CT molecular complexity index is 1270. The Morgan fingerprint density at radius 1 is 0.857 bits per heavy atom. The third-order valence-electron chi connectivity index (χ3n) is 4.64. The van der Waals surface area contributed by atoms with E-state index in [1.807, 2.05) is 24.9 Å². The van der Waals surface area contributed by atoms with Crippen molar-refractivity contribution in [3.63, 3.8) is 0 Å². The van der Waals surface area contributed by atoms with E-state index in [0.717, 1.165) is 50.7 Å². The van der Waals surface area contributed by atoms with E-state index in [9.17, 15) is 9.90 Å². The highest BCUT2D eigenvalue weighted by Crippen LogP contribution is 2.30. The maximum absolute atomic E-state index is 10.3. The van der Waals surface area contributed by atoms with E-state index in [4.69, 9.17) is 0 Å². The van der Waals surface area contributed by atoms with Crippen LogP contribution in [0.25, 0.3) is 0 Å². The van der Waals surface area contributed by atoms with Crippen LogP contribution < -0.4 is 0 Å². The first-order valence-corrected chi connectivity index (χ1v) is 15.0. The van der Waals surface area contributed by atoms with Crippen molar-refractivity contribution in [2.24, 2.45) is 14.1 Å². The molecule has 15 heteroatoms. The van der Waals surface area contributed by atoms with Crippen LogP contribution in [0.2, 0.25) is 0 Å². The van der Waals surface area contributed by atoms with Crippen LogP contribution in [0.5, 0.6) is 0 Å². The highest BCUT2D eigenvalue weighted by molar-refractivity contribution is 14.1. The topological polar surface area (TPSA) is 109 Å². The first-order valence-electron chi connectivity index (χ1n) is 10.1. The van der Waals surface area contributed by atoms with Gasteiger partial charge in [0.25, 0.3) is 0 Å². The number of aldehydes is 1. The lowest BCUT2D eigenvalue weighted by atomic mass is 10.1. The molecule has 10 nitrogen and oxygen atoms in total. The van der Waals surface area contributed by atoms with Gasteiger partial charge >= 0.3 is 0 Å². The average molecular weight is 948 g/mol. The molecule has 4 aromatic rings. The highest BCUT2D eigenvalue weighted by Gasteiger charge is 2.21. The van der Waals surface area contributed by atoms with Gasteiger partial charge in [0.15, 0.2) is 6.29 Å². The second kappa shape index (κ2) is 14.5. The van der Waals surface area contributed by atoms with Gasteiger partial charge < -0.3 is 5.11 Å². The molecule has 0 spiro atoms. The van der Waals surface area contributed by atoms with Crippen LogP contribution in [-0.2, 0) is 27.2 Å². The standard InChI is InChI=1S/C10H12BrIN4O.C5H6BrIN2.C5H5IN2O/c1-3-16-9(11)6(4-14-16)8(17)7-5-13-15(2)10(7)12;1-2-9-5(6)4(7)3-8-9;1-8-5(6)4(3-9)2-7-8/h4-5,8,17H,3H2,1-2H3;3H,2H2,1H3;2-3H,1H3. The smallest absolute Gasteiger partial charge is 0.154 e. The zero-order chi connectivity index (χ0) is 26.3. The molecule has 4 rings (SSSR count). The van der Waals surface area contributed by atoms with Crippen molar-refractivity contribution in [2.75, 3.05) is 0 Å². The van der Waals surface area contributed by atoms with Gasteiger partial charge in [-0.25, -0.2) is 0 Å². The van der Waals surface area contributed by atoms with Crippen LogP contribution in [-0.4, -0.2) is 50.5 Å². The first kappa shape index (κ1) is 30.8. The number of nitrogens with zero attached hydrogens (tertiary/aromatic N) is 8. The van der Waals surface area contributed by atoms with E-state index in [2.05, 4.69) is 127 Å². The minimum absolute atomic E-state index is 0.651. The highest BCUT2D eigenvalue weighted by atomic mass is 127. The molecule has 0 aliphatic rings. The van der Waals surface area contributed by atoms with E-state index < -0.39 is 6.10 Å². The molecule has 4 aromatic heterocycles. The van der Waals surface area contributed by atoms with E-state index >= 15 is 0 Å². The molecule has 0 amide bonds. The van der Waals surface area contributed by atoms with Gasteiger partial charge in [-0.2, -0.15) is 20.4 Å². The normalized spacial score (nSPS) is 11.4. The van der Waals surface area contributed by atoms with Gasteiger partial charge in [0.05, 0.1) is 33.9 Å². The fraction of sp³-hybridized carbons (Fsp3) is 0.350. The maximum Gasteiger partial charge on any atom is 0.154 e. The Morgan fingerprint density at radius 3 is 1.71 bits per heavy atom. The van der Waals surface area contributed by atoms with Crippen LogP contribution in [0.1, 0.15) is 41.4 Å². The quantitative estimate of drug-likeness (QED) is 0.218. The Morgan fingerprint density at radius 2 is 1.37 bits per heavy atom. The van der Waals surface area contributed by atoms with Crippen molar-refractivity contribution in [3.05, 3.63) is 61.7 Å². The molecule has 190 valence electrons. The number of carbonyl (C=O) groups excluding carboxylic acids is 1. The van der Waals surface area contributed by atoms with Crippen molar-refractivity contribution in [1.82, 2.24) is 39.1 Å². The fourth-order valence-electron chi connectivity index (χ4n) is 2.67. The molecule has 0 radical (unpaired) electrons. The fourth-order valence-corrected chi connectivity index (χ4v) is 5.13. The third kappa shape index (κ3) is 7.81. The van der Waals surface area contributed by atoms with Gasteiger partial charge in [-0.05, 0) is 113 Å². The summed E-state index contributed by atoms with van der Waals surface area (Å²) in [5.41, 5.74) is 2.21. The predicted molar refractivity (Wildman–Crippen MR) is 165 cm³/mol. The molecule has 0 aromatic carbocycles. The van der Waals surface area contributed by atoms with Crippen molar-refractivity contribution >= 4 is 106 Å². The van der Waals surface area contributed by atoms with Crippen LogP contribution in [0.3, 0.4) is 0 Å². The minimum Gasteiger partial charge on any atom is -0.383 e. The van der Waals surface area contributed by atoms with Crippen LogP contribution >= 0.6 is 99.6 Å². The van der Waals surface area contributed by atoms with Gasteiger partial charge in [0, 0.05) is 38.3 Å². The van der Waals surface area contributed by atoms with Crippen LogP contribution in [0.4, 0.5) is 0 Å². The number of carbonyl (C=O) groups is 1. The summed E-state index contributed by atoms with van der Waals surface area (Å²) in [5, 5.41) is 26.6. The second-order valence-electron chi connectivity index (χ2n) is 6.85. The molecule has 0 bridgehead atoms. The summed E-state index contributed by atoms with van der Waals surface area (Å²) in [6.45, 7) is 5.75. The molecule has 0 aliphatic heterocycles. The molecule has 1 unspecified atom stereocenters. The van der Waals surface area contributed by atoms with Crippen LogP contribution in [0, 0.1) is 11.0 Å². The van der Waals surface area contributed by atoms with Crippen LogP contribution in [0.15, 0.2) is 34.0 Å². The molecular formula is C20H23Br2I3N8O2. The number of aromatic nitrogens is 8. The van der Waals surface area contributed by atoms with Gasteiger partial charge in [0.2, 0.25) is 0 Å². The van der Waals surface area contributed by atoms with Gasteiger partial charge in [0.1, 0.15) is 22.7 Å². The Hall–Kier alpha value is -0.380. The van der Waals surface area contributed by atoms with Gasteiger partial charge in [-0.1, -0.05) is 0 Å². The van der Waals surface area contributed by atoms with E-state index in [0.29, 0.717) is 5.56 Å². The van der Waals surface area contributed by atoms with Gasteiger partial charge in [-0.15, -0.1) is 0 Å². The number of hydrogen-bond donors (Lipinski definition) is 1. The number of rotatable bonds is 5. The third-order valence-corrected chi connectivity index (χ3v) is 10.5. The summed E-state index contributed by atoms with van der Waals surface area (Å²) < 4.78 is 11.9. The maximum atomic E-state index is 10.3. The van der Waals surface area contributed by atoms with E-state index in [1.54, 1.807) is 39.7 Å². The summed E-state index contributed by atoms with van der Waals surface area (Å²) in [7, 11) is 3.65. The summed E-state index contributed by atoms with van der Waals surface area (Å²) in [5.74, 6) is 0. The zero-order valence-corrected chi connectivity index (χ0v) is 28.8. The number of aryl methyl sites for hydroxylation is 4. The number of hydrogen-bond acceptors (Lipinski definition) is 6. The second-order valence-corrected chi connectivity index (χ2v) is 11.6. The largest absolute Gasteiger partial charge is 0.383 e. The molecule has 0 aliphatic carbocycles. The lowest BCUT2D eigenvalue weighted by molar-refractivity contribution is 0.112. The van der Waals surface area contributed by atoms with Crippen molar-refractivity contribution < 1.29 is 9.90 Å². The molecule has 1 atom stereocenters. The Kier molecular flexibility index (Phi) is 12.8. The number of aliphatic hydroxyl groups excluding tert-OH is 1. The van der Waals surface area contributed by atoms with Crippen molar-refractivity contribution in [2.45, 2.75) is 33.0 Å². The first-order chi connectivity index (χ1) is 16.6.